The first-order chi connectivity index (χ1) is 9.97. The van der Waals surface area contributed by atoms with E-state index >= 15 is 0 Å². The molecule has 0 aliphatic rings. The van der Waals surface area contributed by atoms with Gasteiger partial charge in [-0.2, -0.15) is 0 Å². The van der Waals surface area contributed by atoms with Gasteiger partial charge in [0.15, 0.2) is 0 Å². The zero-order chi connectivity index (χ0) is 15.4. The molecular weight excluding hydrogens is 271 g/mol. The third-order valence-corrected chi connectivity index (χ3v) is 3.17. The number of benzene rings is 1. The van der Waals surface area contributed by atoms with Gasteiger partial charge in [-0.1, -0.05) is 6.07 Å². The summed E-state index contributed by atoms with van der Waals surface area (Å²) in [5.41, 5.74) is 13.5. The van der Waals surface area contributed by atoms with Crippen LogP contribution in [0.15, 0.2) is 30.3 Å². The third-order valence-electron chi connectivity index (χ3n) is 3.17. The number of amides is 1. The van der Waals surface area contributed by atoms with Crippen LogP contribution in [-0.2, 0) is 6.42 Å². The maximum atomic E-state index is 13.0. The molecule has 1 aromatic heterocycles. The fourth-order valence-corrected chi connectivity index (χ4v) is 2.00. The Balaban J connectivity index is 2.03. The van der Waals surface area contributed by atoms with Crippen molar-refractivity contribution in [2.45, 2.75) is 13.3 Å². The predicted molar refractivity (Wildman–Crippen MR) is 80.5 cm³/mol. The molecule has 1 amide bonds. The largest absolute Gasteiger partial charge is 0.396 e. The third kappa shape index (κ3) is 3.68. The van der Waals surface area contributed by atoms with E-state index in [-0.39, 0.29) is 11.5 Å². The number of aryl methyl sites for hydroxylation is 1. The van der Waals surface area contributed by atoms with Crippen LogP contribution < -0.4 is 16.8 Å². The summed E-state index contributed by atoms with van der Waals surface area (Å²) >= 11 is 0. The lowest BCUT2D eigenvalue weighted by Crippen LogP contribution is -2.16. The molecular formula is C15H17FN4O. The standard InChI is InChI=1S/C15H17FN4O/c1-9-8-11(16)3-2-10(9)6-7-19-15-12(17)4-5-13(20-15)14(18)21/h2-5,8H,6-7,17H2,1H3,(H2,18,21)(H,19,20). The number of carbonyl (C=O) groups excluding carboxylic acids is 1. The van der Waals surface area contributed by atoms with E-state index in [1.54, 1.807) is 12.1 Å². The number of anilines is 2. The number of nitrogens with zero attached hydrogens (tertiary/aromatic N) is 1. The molecule has 110 valence electrons. The van der Waals surface area contributed by atoms with E-state index in [0.29, 0.717) is 24.5 Å². The molecule has 0 aliphatic heterocycles. The lowest BCUT2D eigenvalue weighted by atomic mass is 10.1. The number of nitrogen functional groups attached to an aromatic ring is 1. The highest BCUT2D eigenvalue weighted by atomic mass is 19.1. The maximum absolute atomic E-state index is 13.0. The van der Waals surface area contributed by atoms with E-state index < -0.39 is 5.91 Å². The number of aromatic nitrogens is 1. The highest BCUT2D eigenvalue weighted by molar-refractivity contribution is 5.91. The number of hydrogen-bond acceptors (Lipinski definition) is 4. The average molecular weight is 288 g/mol. The molecule has 5 N–H and O–H groups in total. The van der Waals surface area contributed by atoms with Crippen LogP contribution >= 0.6 is 0 Å². The van der Waals surface area contributed by atoms with Gasteiger partial charge >= 0.3 is 0 Å². The molecule has 1 heterocycles. The number of carbonyl (C=O) groups is 1. The van der Waals surface area contributed by atoms with Crippen molar-refractivity contribution in [2.75, 3.05) is 17.6 Å². The highest BCUT2D eigenvalue weighted by Crippen LogP contribution is 2.16. The lowest BCUT2D eigenvalue weighted by Gasteiger charge is -2.10. The number of nitrogens with two attached hydrogens (primary N) is 2. The van der Waals surface area contributed by atoms with Gasteiger partial charge in [0.25, 0.3) is 5.91 Å². The Labute approximate surface area is 122 Å². The molecule has 2 aromatic rings. The maximum Gasteiger partial charge on any atom is 0.267 e. The van der Waals surface area contributed by atoms with Gasteiger partial charge in [-0.15, -0.1) is 0 Å². The molecule has 0 aliphatic carbocycles. The summed E-state index contributed by atoms with van der Waals surface area (Å²) in [6, 6.07) is 7.74. The molecule has 0 unspecified atom stereocenters. The molecule has 1 aromatic carbocycles. The second-order valence-corrected chi connectivity index (χ2v) is 4.75. The number of rotatable bonds is 5. The number of nitrogens with one attached hydrogen (secondary N) is 1. The first kappa shape index (κ1) is 14.8. The van der Waals surface area contributed by atoms with Gasteiger partial charge in [-0.25, -0.2) is 9.37 Å². The summed E-state index contributed by atoms with van der Waals surface area (Å²) in [5, 5.41) is 3.06. The summed E-state index contributed by atoms with van der Waals surface area (Å²) in [6.07, 6.45) is 0.689. The molecule has 0 atom stereocenters. The fraction of sp³-hybridized carbons (Fsp3) is 0.200. The van der Waals surface area contributed by atoms with Crippen molar-refractivity contribution in [1.29, 1.82) is 0 Å². The van der Waals surface area contributed by atoms with Crippen molar-refractivity contribution >= 4 is 17.4 Å². The second kappa shape index (κ2) is 6.21. The first-order valence-corrected chi connectivity index (χ1v) is 6.52. The molecule has 0 spiro atoms. The number of hydrogen-bond donors (Lipinski definition) is 3. The first-order valence-electron chi connectivity index (χ1n) is 6.52. The molecule has 2 rings (SSSR count). The Morgan fingerprint density at radius 2 is 2.10 bits per heavy atom. The van der Waals surface area contributed by atoms with Crippen molar-refractivity contribution in [3.8, 4) is 0 Å². The average Bonchev–Trinajstić information content (AvgIpc) is 2.43. The van der Waals surface area contributed by atoms with E-state index in [1.165, 1.54) is 18.2 Å². The summed E-state index contributed by atoms with van der Waals surface area (Å²) in [5.74, 6) is -0.428. The van der Waals surface area contributed by atoms with Crippen LogP contribution in [0.1, 0.15) is 21.6 Å². The highest BCUT2D eigenvalue weighted by Gasteiger charge is 2.07. The van der Waals surface area contributed by atoms with E-state index in [2.05, 4.69) is 10.3 Å². The summed E-state index contributed by atoms with van der Waals surface area (Å²) in [4.78, 5) is 15.2. The van der Waals surface area contributed by atoms with Gasteiger partial charge in [0.2, 0.25) is 0 Å². The van der Waals surface area contributed by atoms with Crippen LogP contribution in [0.5, 0.6) is 0 Å². The predicted octanol–water partition coefficient (Wildman–Crippen LogP) is 1.86. The molecule has 0 fully saturated rings. The topological polar surface area (TPSA) is 94.0 Å². The normalized spacial score (nSPS) is 10.4. The van der Waals surface area contributed by atoms with Crippen LogP contribution in [0.4, 0.5) is 15.9 Å². The number of halogens is 1. The quantitative estimate of drug-likeness (QED) is 0.782. The Bertz CT molecular complexity index is 673. The minimum atomic E-state index is -0.604. The van der Waals surface area contributed by atoms with Crippen LogP contribution in [0.25, 0.3) is 0 Å². The molecule has 0 bridgehead atoms. The fourth-order valence-electron chi connectivity index (χ4n) is 2.00. The molecule has 5 nitrogen and oxygen atoms in total. The number of pyridine rings is 1. The Morgan fingerprint density at radius 1 is 1.33 bits per heavy atom. The lowest BCUT2D eigenvalue weighted by molar-refractivity contribution is 0.0996. The van der Waals surface area contributed by atoms with Gasteiger partial charge in [0.1, 0.15) is 17.3 Å². The zero-order valence-electron chi connectivity index (χ0n) is 11.7. The van der Waals surface area contributed by atoms with E-state index in [1.807, 2.05) is 6.92 Å². The minimum absolute atomic E-state index is 0.157. The van der Waals surface area contributed by atoms with Gasteiger partial charge < -0.3 is 16.8 Å². The summed E-state index contributed by atoms with van der Waals surface area (Å²) in [6.45, 7) is 2.42. The van der Waals surface area contributed by atoms with Crippen molar-refractivity contribution in [3.63, 3.8) is 0 Å². The van der Waals surface area contributed by atoms with Crippen LogP contribution in [0.3, 0.4) is 0 Å². The smallest absolute Gasteiger partial charge is 0.267 e. The van der Waals surface area contributed by atoms with E-state index in [9.17, 15) is 9.18 Å². The summed E-state index contributed by atoms with van der Waals surface area (Å²) in [7, 11) is 0. The van der Waals surface area contributed by atoms with Gasteiger partial charge in [0, 0.05) is 6.54 Å². The summed E-state index contributed by atoms with van der Waals surface area (Å²) < 4.78 is 13.0. The Kier molecular flexibility index (Phi) is 4.37. The van der Waals surface area contributed by atoms with Crippen LogP contribution in [0.2, 0.25) is 0 Å². The zero-order valence-corrected chi connectivity index (χ0v) is 11.7. The van der Waals surface area contributed by atoms with Gasteiger partial charge in [-0.05, 0) is 48.7 Å². The van der Waals surface area contributed by atoms with Crippen molar-refractivity contribution < 1.29 is 9.18 Å². The Morgan fingerprint density at radius 3 is 2.76 bits per heavy atom. The molecule has 0 saturated carbocycles. The molecule has 6 heteroatoms. The van der Waals surface area contributed by atoms with Crippen LogP contribution in [0, 0.1) is 12.7 Å². The number of primary amides is 1. The van der Waals surface area contributed by atoms with Gasteiger partial charge in [0.05, 0.1) is 5.69 Å². The van der Waals surface area contributed by atoms with Crippen LogP contribution in [-0.4, -0.2) is 17.4 Å². The van der Waals surface area contributed by atoms with Crippen molar-refractivity contribution in [3.05, 3.63) is 53.0 Å². The van der Waals surface area contributed by atoms with Crippen molar-refractivity contribution in [2.24, 2.45) is 5.73 Å². The minimum Gasteiger partial charge on any atom is -0.396 e. The second-order valence-electron chi connectivity index (χ2n) is 4.75. The van der Waals surface area contributed by atoms with E-state index in [4.69, 9.17) is 11.5 Å². The molecule has 0 saturated heterocycles. The molecule has 0 radical (unpaired) electrons. The van der Waals surface area contributed by atoms with E-state index in [0.717, 1.165) is 11.1 Å². The monoisotopic (exact) mass is 288 g/mol. The Hall–Kier alpha value is -2.63. The van der Waals surface area contributed by atoms with Crippen molar-refractivity contribution in [1.82, 2.24) is 4.98 Å². The SMILES string of the molecule is Cc1cc(F)ccc1CCNc1nc(C(N)=O)ccc1N. The molecule has 21 heavy (non-hydrogen) atoms. The van der Waals surface area contributed by atoms with Gasteiger partial charge in [-0.3, -0.25) is 4.79 Å².